The number of aromatic nitrogens is 3. The summed E-state index contributed by atoms with van der Waals surface area (Å²) >= 11 is 0. The van der Waals surface area contributed by atoms with Crippen molar-refractivity contribution in [1.82, 2.24) is 20.1 Å². The van der Waals surface area contributed by atoms with Gasteiger partial charge in [-0.3, -0.25) is 10.00 Å². The second-order valence-electron chi connectivity index (χ2n) is 6.23. The number of carbonyl (C=O) groups excluding carboxylic acids is 1. The van der Waals surface area contributed by atoms with Crippen LogP contribution in [0.25, 0.3) is 0 Å². The van der Waals surface area contributed by atoms with Gasteiger partial charge in [0.05, 0.1) is 19.3 Å². The first-order valence-electron chi connectivity index (χ1n) is 8.05. The molecule has 3 heterocycles. The molecule has 23 heavy (non-hydrogen) atoms. The van der Waals surface area contributed by atoms with Gasteiger partial charge in [0, 0.05) is 31.1 Å². The highest BCUT2D eigenvalue weighted by Gasteiger charge is 2.31. The highest BCUT2D eigenvalue weighted by Crippen LogP contribution is 2.41. The van der Waals surface area contributed by atoms with Crippen LogP contribution in [0, 0.1) is 0 Å². The van der Waals surface area contributed by atoms with Crippen LogP contribution in [0.15, 0.2) is 10.7 Å². The van der Waals surface area contributed by atoms with Crippen LogP contribution in [0.1, 0.15) is 52.1 Å². The number of H-pyrrole nitrogens is 1. The Kier molecular flexibility index (Phi) is 3.65. The molecule has 1 saturated carbocycles. The summed E-state index contributed by atoms with van der Waals surface area (Å²) in [5.74, 6) is 0.762. The molecule has 7 heteroatoms. The minimum atomic E-state index is -0.467. The number of esters is 1. The van der Waals surface area contributed by atoms with Gasteiger partial charge in [0.15, 0.2) is 5.69 Å². The summed E-state index contributed by atoms with van der Waals surface area (Å²) in [4.78, 5) is 17.9. The first-order chi connectivity index (χ1) is 11.2. The molecule has 2 aromatic rings. The number of ether oxygens (including phenoxy) is 1. The zero-order chi connectivity index (χ0) is 15.8. The van der Waals surface area contributed by atoms with Gasteiger partial charge < -0.3 is 9.15 Å². The van der Waals surface area contributed by atoms with E-state index in [0.29, 0.717) is 18.4 Å². The fraction of sp³-hybridized carbons (Fsp3) is 0.562. The Morgan fingerprint density at radius 2 is 2.26 bits per heavy atom. The smallest absolute Gasteiger partial charge is 0.360 e. The second kappa shape index (κ2) is 5.81. The molecule has 1 aliphatic carbocycles. The average molecular weight is 316 g/mol. The van der Waals surface area contributed by atoms with Crippen LogP contribution in [0.5, 0.6) is 0 Å². The summed E-state index contributed by atoms with van der Waals surface area (Å²) in [5.41, 5.74) is 4.20. The van der Waals surface area contributed by atoms with Gasteiger partial charge in [0.2, 0.25) is 5.89 Å². The molecule has 7 nitrogen and oxygen atoms in total. The minimum absolute atomic E-state index is 0.225. The number of carbonyl (C=O) groups is 1. The molecular weight excluding hydrogens is 296 g/mol. The number of nitrogens with one attached hydrogen (secondary N) is 1. The van der Waals surface area contributed by atoms with E-state index < -0.39 is 5.97 Å². The normalized spacial score (nSPS) is 18.5. The summed E-state index contributed by atoms with van der Waals surface area (Å²) < 4.78 is 10.0. The maximum Gasteiger partial charge on any atom is 0.360 e. The van der Waals surface area contributed by atoms with Crippen molar-refractivity contribution in [3.63, 3.8) is 0 Å². The number of rotatable bonds is 4. The van der Waals surface area contributed by atoms with Crippen molar-refractivity contribution in [3.05, 3.63) is 34.8 Å². The SMILES string of the molecule is COC(=O)c1coc(CN2CCc3[nH]nc(C4CC4)c3CC2)n1. The quantitative estimate of drug-likeness (QED) is 0.864. The first kappa shape index (κ1) is 14.4. The zero-order valence-electron chi connectivity index (χ0n) is 13.2. The number of aromatic amines is 1. The predicted molar refractivity (Wildman–Crippen MR) is 81.1 cm³/mol. The Morgan fingerprint density at radius 3 is 3.04 bits per heavy atom. The predicted octanol–water partition coefficient (Wildman–Crippen LogP) is 1.66. The van der Waals surface area contributed by atoms with Gasteiger partial charge >= 0.3 is 5.97 Å². The van der Waals surface area contributed by atoms with Crippen molar-refractivity contribution in [2.24, 2.45) is 0 Å². The number of fused-ring (bicyclic) bond motifs is 1. The molecule has 2 aliphatic rings. The molecule has 2 aromatic heterocycles. The second-order valence-corrected chi connectivity index (χ2v) is 6.23. The highest BCUT2D eigenvalue weighted by atomic mass is 16.5. The maximum atomic E-state index is 11.4. The standard InChI is InChI=1S/C16H20N4O3/c1-22-16(21)13-9-23-14(17-13)8-20-6-4-11-12(5-7-20)18-19-15(11)10-2-3-10/h9-10H,2-8H2,1H3,(H,18,19). The number of methoxy groups -OCH3 is 1. The van der Waals surface area contributed by atoms with Crippen LogP contribution in [-0.4, -0.2) is 46.2 Å². The van der Waals surface area contributed by atoms with Crippen LogP contribution in [0.3, 0.4) is 0 Å². The molecule has 1 fully saturated rings. The van der Waals surface area contributed by atoms with Crippen molar-refractivity contribution in [3.8, 4) is 0 Å². The first-order valence-corrected chi connectivity index (χ1v) is 8.05. The third-order valence-electron chi connectivity index (χ3n) is 4.61. The van der Waals surface area contributed by atoms with Crippen LogP contribution in [0.4, 0.5) is 0 Å². The summed E-state index contributed by atoms with van der Waals surface area (Å²) in [7, 11) is 1.34. The van der Waals surface area contributed by atoms with Crippen molar-refractivity contribution in [2.75, 3.05) is 20.2 Å². The molecule has 0 amide bonds. The van der Waals surface area contributed by atoms with Crippen molar-refractivity contribution in [1.29, 1.82) is 0 Å². The zero-order valence-corrected chi connectivity index (χ0v) is 13.2. The van der Waals surface area contributed by atoms with Crippen LogP contribution < -0.4 is 0 Å². The Hall–Kier alpha value is -2.15. The van der Waals surface area contributed by atoms with Crippen molar-refractivity contribution >= 4 is 5.97 Å². The van der Waals surface area contributed by atoms with E-state index in [1.165, 1.54) is 43.2 Å². The molecule has 0 radical (unpaired) electrons. The van der Waals surface area contributed by atoms with E-state index in [-0.39, 0.29) is 5.69 Å². The van der Waals surface area contributed by atoms with Gasteiger partial charge in [0.1, 0.15) is 6.26 Å². The van der Waals surface area contributed by atoms with E-state index in [1.54, 1.807) is 0 Å². The maximum absolute atomic E-state index is 11.4. The molecule has 1 N–H and O–H groups in total. The topological polar surface area (TPSA) is 84.2 Å². The van der Waals surface area contributed by atoms with E-state index in [2.05, 4.69) is 24.8 Å². The number of hydrogen-bond donors (Lipinski definition) is 1. The molecule has 0 aromatic carbocycles. The van der Waals surface area contributed by atoms with Gasteiger partial charge in [-0.05, 0) is 24.8 Å². The van der Waals surface area contributed by atoms with Crippen molar-refractivity contribution in [2.45, 2.75) is 38.1 Å². The average Bonchev–Trinajstić information content (AvgIpc) is 3.23. The molecule has 0 atom stereocenters. The molecular formula is C16H20N4O3. The third-order valence-corrected chi connectivity index (χ3v) is 4.61. The van der Waals surface area contributed by atoms with Crippen molar-refractivity contribution < 1.29 is 13.9 Å². The lowest BCUT2D eigenvalue weighted by Gasteiger charge is -2.17. The largest absolute Gasteiger partial charge is 0.464 e. The fourth-order valence-electron chi connectivity index (χ4n) is 3.18. The summed E-state index contributed by atoms with van der Waals surface area (Å²) in [6.07, 6.45) is 5.86. The summed E-state index contributed by atoms with van der Waals surface area (Å²) in [5, 5.41) is 7.74. The van der Waals surface area contributed by atoms with Gasteiger partial charge in [-0.2, -0.15) is 5.10 Å². The van der Waals surface area contributed by atoms with E-state index in [1.807, 2.05) is 0 Å². The fourth-order valence-corrected chi connectivity index (χ4v) is 3.18. The van der Waals surface area contributed by atoms with Gasteiger partial charge in [-0.1, -0.05) is 0 Å². The number of nitrogens with zero attached hydrogens (tertiary/aromatic N) is 3. The van der Waals surface area contributed by atoms with Gasteiger partial charge in [-0.15, -0.1) is 0 Å². The van der Waals surface area contributed by atoms with Crippen LogP contribution in [0.2, 0.25) is 0 Å². The number of oxazole rings is 1. The Morgan fingerprint density at radius 1 is 1.43 bits per heavy atom. The molecule has 122 valence electrons. The van der Waals surface area contributed by atoms with Gasteiger partial charge in [0.25, 0.3) is 0 Å². The van der Waals surface area contributed by atoms with E-state index >= 15 is 0 Å². The lowest BCUT2D eigenvalue weighted by molar-refractivity contribution is 0.0594. The van der Waals surface area contributed by atoms with E-state index in [9.17, 15) is 4.79 Å². The Balaban J connectivity index is 1.42. The molecule has 1 aliphatic heterocycles. The third kappa shape index (κ3) is 2.88. The number of hydrogen-bond acceptors (Lipinski definition) is 6. The Labute approximate surface area is 134 Å². The van der Waals surface area contributed by atoms with E-state index in [0.717, 1.165) is 25.9 Å². The Bertz CT molecular complexity index is 717. The molecule has 0 bridgehead atoms. The lowest BCUT2D eigenvalue weighted by atomic mass is 10.1. The summed E-state index contributed by atoms with van der Waals surface area (Å²) in [6, 6.07) is 0. The highest BCUT2D eigenvalue weighted by molar-refractivity contribution is 5.86. The summed E-state index contributed by atoms with van der Waals surface area (Å²) in [6.45, 7) is 2.48. The minimum Gasteiger partial charge on any atom is -0.464 e. The van der Waals surface area contributed by atoms with Crippen LogP contribution in [-0.2, 0) is 24.1 Å². The molecule has 4 rings (SSSR count). The monoisotopic (exact) mass is 316 g/mol. The molecule has 0 saturated heterocycles. The van der Waals surface area contributed by atoms with E-state index in [4.69, 9.17) is 4.42 Å². The molecule has 0 spiro atoms. The molecule has 0 unspecified atom stereocenters. The lowest BCUT2D eigenvalue weighted by Crippen LogP contribution is -2.26. The van der Waals surface area contributed by atoms with Gasteiger partial charge in [-0.25, -0.2) is 9.78 Å². The van der Waals surface area contributed by atoms with Crippen LogP contribution >= 0.6 is 0 Å².